The van der Waals surface area contributed by atoms with Crippen molar-refractivity contribution >= 4 is 5.97 Å². The van der Waals surface area contributed by atoms with Gasteiger partial charge in [-0.15, -0.1) is 0 Å². The summed E-state index contributed by atoms with van der Waals surface area (Å²) in [5, 5.41) is 8.92. The normalized spacial score (nSPS) is 12.7. The molecule has 86 valence electrons. The number of rotatable bonds is 2. The second-order valence-electron chi connectivity index (χ2n) is 3.40. The fraction of sp³-hybridized carbons (Fsp3) is 0.0909. The molecule has 0 unspecified atom stereocenters. The van der Waals surface area contributed by atoms with Gasteiger partial charge in [0.1, 0.15) is 5.69 Å². The molecule has 0 amide bonds. The van der Waals surface area contributed by atoms with E-state index in [0.29, 0.717) is 17.1 Å². The second kappa shape index (κ2) is 3.51. The molecule has 0 fully saturated rings. The number of aromatic carboxylic acids is 1. The van der Waals surface area contributed by atoms with E-state index in [-0.39, 0.29) is 18.2 Å². The summed E-state index contributed by atoms with van der Waals surface area (Å²) in [5.74, 6) is -0.144. The van der Waals surface area contributed by atoms with E-state index in [9.17, 15) is 4.79 Å². The van der Waals surface area contributed by atoms with Crippen molar-refractivity contribution in [1.82, 2.24) is 4.98 Å². The average molecular weight is 233 g/mol. The Bertz CT molecular complexity index is 589. The summed E-state index contributed by atoms with van der Waals surface area (Å²) in [6, 6.07) is 5.09. The molecule has 0 aliphatic carbocycles. The SMILES string of the molecule is O=C(O)c1ocnc1-c1ccc2c(c1)OCO2. The third kappa shape index (κ3) is 1.50. The van der Waals surface area contributed by atoms with E-state index in [1.165, 1.54) is 0 Å². The number of carboxylic acid groups (broad SMARTS) is 1. The van der Waals surface area contributed by atoms with E-state index in [1.807, 2.05) is 0 Å². The van der Waals surface area contributed by atoms with Gasteiger partial charge in [-0.3, -0.25) is 0 Å². The van der Waals surface area contributed by atoms with Crippen molar-refractivity contribution in [2.45, 2.75) is 0 Å². The smallest absolute Gasteiger partial charge is 0.374 e. The van der Waals surface area contributed by atoms with Gasteiger partial charge in [0.2, 0.25) is 12.6 Å². The van der Waals surface area contributed by atoms with E-state index in [0.717, 1.165) is 6.39 Å². The number of fused-ring (bicyclic) bond motifs is 1. The predicted octanol–water partition coefficient (Wildman–Crippen LogP) is 1.77. The van der Waals surface area contributed by atoms with Crippen LogP contribution in [-0.2, 0) is 0 Å². The number of hydrogen-bond acceptors (Lipinski definition) is 5. The molecule has 1 aliphatic rings. The van der Waals surface area contributed by atoms with Crippen LogP contribution in [0.1, 0.15) is 10.6 Å². The molecule has 3 rings (SSSR count). The molecule has 0 radical (unpaired) electrons. The Hall–Kier alpha value is -2.50. The van der Waals surface area contributed by atoms with Gasteiger partial charge in [0.05, 0.1) is 0 Å². The standard InChI is InChI=1S/C11H7NO5/c13-11(14)10-9(12-4-15-10)6-1-2-7-8(3-6)17-5-16-7/h1-4H,5H2,(H,13,14). The number of oxazole rings is 1. The number of benzene rings is 1. The van der Waals surface area contributed by atoms with Gasteiger partial charge < -0.3 is 19.0 Å². The molecule has 0 bridgehead atoms. The van der Waals surface area contributed by atoms with Crippen LogP contribution >= 0.6 is 0 Å². The van der Waals surface area contributed by atoms with E-state index in [4.69, 9.17) is 19.0 Å². The molecule has 1 aliphatic heterocycles. The van der Waals surface area contributed by atoms with Crippen LogP contribution in [0.25, 0.3) is 11.3 Å². The van der Waals surface area contributed by atoms with Gasteiger partial charge in [0.25, 0.3) is 0 Å². The van der Waals surface area contributed by atoms with Crippen molar-refractivity contribution in [3.63, 3.8) is 0 Å². The molecule has 0 spiro atoms. The van der Waals surface area contributed by atoms with Crippen LogP contribution in [0.3, 0.4) is 0 Å². The monoisotopic (exact) mass is 233 g/mol. The minimum absolute atomic E-state index is 0.170. The van der Waals surface area contributed by atoms with Crippen LogP contribution in [0, 0.1) is 0 Å². The zero-order chi connectivity index (χ0) is 11.8. The van der Waals surface area contributed by atoms with Gasteiger partial charge in [-0.1, -0.05) is 0 Å². The van der Waals surface area contributed by atoms with Gasteiger partial charge >= 0.3 is 5.97 Å². The third-order valence-corrected chi connectivity index (χ3v) is 2.41. The van der Waals surface area contributed by atoms with Crippen molar-refractivity contribution < 1.29 is 23.8 Å². The van der Waals surface area contributed by atoms with Gasteiger partial charge in [0.15, 0.2) is 17.9 Å². The second-order valence-corrected chi connectivity index (χ2v) is 3.40. The topological polar surface area (TPSA) is 81.8 Å². The highest BCUT2D eigenvalue weighted by atomic mass is 16.7. The van der Waals surface area contributed by atoms with Crippen molar-refractivity contribution in [1.29, 1.82) is 0 Å². The quantitative estimate of drug-likeness (QED) is 0.851. The Kier molecular flexibility index (Phi) is 2.01. The summed E-state index contributed by atoms with van der Waals surface area (Å²) in [6.07, 6.45) is 1.10. The molecule has 2 heterocycles. The first kappa shape index (κ1) is 9.71. The molecular formula is C11H7NO5. The van der Waals surface area contributed by atoms with Crippen molar-refractivity contribution in [3.8, 4) is 22.8 Å². The van der Waals surface area contributed by atoms with Gasteiger partial charge in [0, 0.05) is 5.56 Å². The molecule has 17 heavy (non-hydrogen) atoms. The molecule has 1 N–H and O–H groups in total. The molecule has 1 aromatic carbocycles. The minimum Gasteiger partial charge on any atom is -0.475 e. The number of hydrogen-bond donors (Lipinski definition) is 1. The van der Waals surface area contributed by atoms with E-state index in [2.05, 4.69) is 4.98 Å². The Morgan fingerprint density at radius 3 is 2.94 bits per heavy atom. The first-order valence-electron chi connectivity index (χ1n) is 4.82. The van der Waals surface area contributed by atoms with E-state index in [1.54, 1.807) is 18.2 Å². The number of aromatic nitrogens is 1. The highest BCUT2D eigenvalue weighted by molar-refractivity contribution is 5.91. The lowest BCUT2D eigenvalue weighted by Gasteiger charge is -2.00. The summed E-state index contributed by atoms with van der Waals surface area (Å²) in [7, 11) is 0. The zero-order valence-electron chi connectivity index (χ0n) is 8.54. The lowest BCUT2D eigenvalue weighted by molar-refractivity contribution is 0.0663. The predicted molar refractivity (Wildman–Crippen MR) is 55.0 cm³/mol. The van der Waals surface area contributed by atoms with Crippen LogP contribution in [-0.4, -0.2) is 22.9 Å². The summed E-state index contributed by atoms with van der Waals surface area (Å²) in [5.41, 5.74) is 0.885. The lowest BCUT2D eigenvalue weighted by atomic mass is 10.1. The lowest BCUT2D eigenvalue weighted by Crippen LogP contribution is -1.96. The maximum Gasteiger partial charge on any atom is 0.374 e. The number of nitrogens with zero attached hydrogens (tertiary/aromatic N) is 1. The summed E-state index contributed by atoms with van der Waals surface area (Å²) < 4.78 is 15.2. The Morgan fingerprint density at radius 1 is 1.29 bits per heavy atom. The summed E-state index contributed by atoms with van der Waals surface area (Å²) >= 11 is 0. The number of ether oxygens (including phenoxy) is 2. The summed E-state index contributed by atoms with van der Waals surface area (Å²) in [6.45, 7) is 0.170. The molecular weight excluding hydrogens is 226 g/mol. The molecule has 0 saturated heterocycles. The minimum atomic E-state index is -1.16. The fourth-order valence-electron chi connectivity index (χ4n) is 1.65. The molecule has 0 atom stereocenters. The van der Waals surface area contributed by atoms with Gasteiger partial charge in [-0.25, -0.2) is 9.78 Å². The molecule has 1 aromatic heterocycles. The van der Waals surface area contributed by atoms with Crippen LogP contribution in [0.15, 0.2) is 29.0 Å². The van der Waals surface area contributed by atoms with Crippen molar-refractivity contribution in [3.05, 3.63) is 30.4 Å². The first-order chi connectivity index (χ1) is 8.25. The van der Waals surface area contributed by atoms with Crippen LogP contribution in [0.2, 0.25) is 0 Å². The van der Waals surface area contributed by atoms with Gasteiger partial charge in [-0.05, 0) is 18.2 Å². The maximum atomic E-state index is 10.9. The largest absolute Gasteiger partial charge is 0.475 e. The Labute approximate surface area is 95.4 Å². The average Bonchev–Trinajstić information content (AvgIpc) is 2.96. The molecule has 6 nitrogen and oxygen atoms in total. The van der Waals surface area contributed by atoms with Crippen LogP contribution in [0.4, 0.5) is 0 Å². The fourth-order valence-corrected chi connectivity index (χ4v) is 1.65. The van der Waals surface area contributed by atoms with E-state index >= 15 is 0 Å². The molecule has 2 aromatic rings. The van der Waals surface area contributed by atoms with Crippen LogP contribution in [0.5, 0.6) is 11.5 Å². The molecule has 6 heteroatoms. The zero-order valence-corrected chi connectivity index (χ0v) is 8.54. The first-order valence-corrected chi connectivity index (χ1v) is 4.82. The van der Waals surface area contributed by atoms with E-state index < -0.39 is 5.97 Å². The van der Waals surface area contributed by atoms with Gasteiger partial charge in [-0.2, -0.15) is 0 Å². The van der Waals surface area contributed by atoms with Crippen LogP contribution < -0.4 is 9.47 Å². The Balaban J connectivity index is 2.09. The number of carbonyl (C=O) groups is 1. The number of carboxylic acids is 1. The molecule has 0 saturated carbocycles. The highest BCUT2D eigenvalue weighted by Crippen LogP contribution is 2.36. The van der Waals surface area contributed by atoms with Crippen molar-refractivity contribution in [2.24, 2.45) is 0 Å². The maximum absolute atomic E-state index is 10.9. The van der Waals surface area contributed by atoms with Crippen molar-refractivity contribution in [2.75, 3.05) is 6.79 Å². The third-order valence-electron chi connectivity index (χ3n) is 2.41. The summed E-state index contributed by atoms with van der Waals surface area (Å²) in [4.78, 5) is 14.8. The Morgan fingerprint density at radius 2 is 2.12 bits per heavy atom. The highest BCUT2D eigenvalue weighted by Gasteiger charge is 2.20.